The smallest absolute Gasteiger partial charge is 0.214 e. The molecule has 0 saturated heterocycles. The summed E-state index contributed by atoms with van der Waals surface area (Å²) in [5.41, 5.74) is 1.80. The number of nitrogens with zero attached hydrogens (tertiary/aromatic N) is 2. The zero-order valence-electron chi connectivity index (χ0n) is 16.5. The minimum absolute atomic E-state index is 0. The molecular formula is C18H27IN4O4. The fourth-order valence-corrected chi connectivity index (χ4v) is 2.40. The second-order valence-corrected chi connectivity index (χ2v) is 5.55. The summed E-state index contributed by atoms with van der Waals surface area (Å²) in [6.45, 7) is 4.74. The molecule has 9 heteroatoms. The third-order valence-corrected chi connectivity index (χ3v) is 3.94. The lowest BCUT2D eigenvalue weighted by Crippen LogP contribution is -2.36. The fraction of sp³-hybridized carbons (Fsp3) is 0.444. The van der Waals surface area contributed by atoms with E-state index in [2.05, 4.69) is 20.6 Å². The first-order valence-corrected chi connectivity index (χ1v) is 8.18. The van der Waals surface area contributed by atoms with E-state index in [-0.39, 0.29) is 24.0 Å². The second kappa shape index (κ2) is 10.9. The van der Waals surface area contributed by atoms with Gasteiger partial charge in [-0.25, -0.2) is 4.98 Å². The number of hydrogen-bond acceptors (Lipinski definition) is 6. The molecule has 150 valence electrons. The highest BCUT2D eigenvalue weighted by molar-refractivity contribution is 14.0. The van der Waals surface area contributed by atoms with Gasteiger partial charge in [0.1, 0.15) is 11.5 Å². The molecule has 2 aromatic rings. The third-order valence-electron chi connectivity index (χ3n) is 3.94. The summed E-state index contributed by atoms with van der Waals surface area (Å²) in [7, 11) is 6.51. The molecule has 0 aliphatic carbocycles. The molecule has 0 amide bonds. The average Bonchev–Trinajstić information content (AvgIpc) is 2.98. The number of aryl methyl sites for hydroxylation is 2. The SMILES string of the molecule is CN=C(NCc1nc(C)c(C)o1)NCc1cc(OC)c(OC)cc1OC.I. The molecule has 27 heavy (non-hydrogen) atoms. The Balaban J connectivity index is 0.00000364. The topological polar surface area (TPSA) is 90.1 Å². The number of rotatable bonds is 7. The Labute approximate surface area is 176 Å². The van der Waals surface area contributed by atoms with Crippen LogP contribution in [0, 0.1) is 13.8 Å². The van der Waals surface area contributed by atoms with E-state index in [0.717, 1.165) is 17.0 Å². The van der Waals surface area contributed by atoms with Crippen LogP contribution in [0.5, 0.6) is 17.2 Å². The van der Waals surface area contributed by atoms with E-state index in [1.54, 1.807) is 34.4 Å². The highest BCUT2D eigenvalue weighted by Crippen LogP contribution is 2.34. The number of hydrogen-bond donors (Lipinski definition) is 2. The minimum atomic E-state index is 0. The van der Waals surface area contributed by atoms with Crippen molar-refractivity contribution in [3.05, 3.63) is 35.0 Å². The number of aromatic nitrogens is 1. The molecule has 0 aliphatic rings. The van der Waals surface area contributed by atoms with Crippen molar-refractivity contribution in [1.29, 1.82) is 0 Å². The van der Waals surface area contributed by atoms with Crippen LogP contribution in [0.3, 0.4) is 0 Å². The molecular weight excluding hydrogens is 463 g/mol. The van der Waals surface area contributed by atoms with E-state index in [9.17, 15) is 0 Å². The number of aliphatic imine (C=N–C) groups is 1. The van der Waals surface area contributed by atoms with E-state index in [4.69, 9.17) is 18.6 Å². The maximum atomic E-state index is 5.56. The van der Waals surface area contributed by atoms with Crippen molar-refractivity contribution in [2.75, 3.05) is 28.4 Å². The maximum Gasteiger partial charge on any atom is 0.214 e. The van der Waals surface area contributed by atoms with Gasteiger partial charge in [-0.05, 0) is 19.9 Å². The predicted molar refractivity (Wildman–Crippen MR) is 115 cm³/mol. The molecule has 2 rings (SSSR count). The van der Waals surface area contributed by atoms with Crippen molar-refractivity contribution in [1.82, 2.24) is 15.6 Å². The van der Waals surface area contributed by atoms with Crippen LogP contribution in [0.4, 0.5) is 0 Å². The number of nitrogens with one attached hydrogen (secondary N) is 2. The van der Waals surface area contributed by atoms with E-state index in [1.807, 2.05) is 19.9 Å². The van der Waals surface area contributed by atoms with Gasteiger partial charge >= 0.3 is 0 Å². The Hall–Kier alpha value is -2.17. The summed E-state index contributed by atoms with van der Waals surface area (Å²) in [6, 6.07) is 3.67. The lowest BCUT2D eigenvalue weighted by molar-refractivity contribution is 0.347. The van der Waals surface area contributed by atoms with Crippen LogP contribution in [0.15, 0.2) is 21.5 Å². The van der Waals surface area contributed by atoms with Crippen molar-refractivity contribution < 1.29 is 18.6 Å². The Kier molecular flexibility index (Phi) is 9.19. The quantitative estimate of drug-likeness (QED) is 0.351. The second-order valence-electron chi connectivity index (χ2n) is 5.55. The highest BCUT2D eigenvalue weighted by atomic mass is 127. The Bertz CT molecular complexity index is 757. The van der Waals surface area contributed by atoms with Gasteiger partial charge in [-0.1, -0.05) is 0 Å². The van der Waals surface area contributed by atoms with Crippen LogP contribution in [0.2, 0.25) is 0 Å². The molecule has 0 unspecified atom stereocenters. The van der Waals surface area contributed by atoms with Crippen LogP contribution in [0.1, 0.15) is 22.9 Å². The number of benzene rings is 1. The molecule has 0 saturated carbocycles. The fourth-order valence-electron chi connectivity index (χ4n) is 2.40. The van der Waals surface area contributed by atoms with Gasteiger partial charge in [0.05, 0.1) is 33.6 Å². The molecule has 0 aliphatic heterocycles. The average molecular weight is 490 g/mol. The molecule has 0 spiro atoms. The van der Waals surface area contributed by atoms with E-state index in [1.165, 1.54) is 0 Å². The van der Waals surface area contributed by atoms with Crippen LogP contribution in [-0.4, -0.2) is 39.3 Å². The Morgan fingerprint density at radius 3 is 2.11 bits per heavy atom. The summed E-state index contributed by atoms with van der Waals surface area (Å²) < 4.78 is 21.6. The Morgan fingerprint density at radius 2 is 1.59 bits per heavy atom. The van der Waals surface area contributed by atoms with Gasteiger partial charge in [-0.15, -0.1) is 24.0 Å². The summed E-state index contributed by atoms with van der Waals surface area (Å²) >= 11 is 0. The van der Waals surface area contributed by atoms with E-state index >= 15 is 0 Å². The standard InChI is InChI=1S/C18H26N4O4.HI/c1-11-12(2)26-17(22-11)10-21-18(19-3)20-9-13-7-15(24-5)16(25-6)8-14(13)23-4;/h7-8H,9-10H2,1-6H3,(H2,19,20,21);1H. The van der Waals surface area contributed by atoms with E-state index in [0.29, 0.717) is 42.2 Å². The summed E-state index contributed by atoms with van der Waals surface area (Å²) in [4.78, 5) is 8.55. The van der Waals surface area contributed by atoms with Gasteiger partial charge in [0.25, 0.3) is 0 Å². The van der Waals surface area contributed by atoms with E-state index < -0.39 is 0 Å². The van der Waals surface area contributed by atoms with Crippen molar-refractivity contribution in [3.63, 3.8) is 0 Å². The summed E-state index contributed by atoms with van der Waals surface area (Å²) in [6.07, 6.45) is 0. The molecule has 1 aromatic carbocycles. The van der Waals surface area contributed by atoms with Gasteiger partial charge < -0.3 is 29.3 Å². The van der Waals surface area contributed by atoms with Crippen LogP contribution < -0.4 is 24.8 Å². The summed E-state index contributed by atoms with van der Waals surface area (Å²) in [5, 5.41) is 6.40. The van der Waals surface area contributed by atoms with Gasteiger partial charge in [0, 0.05) is 25.2 Å². The van der Waals surface area contributed by atoms with Crippen LogP contribution in [0.25, 0.3) is 0 Å². The molecule has 0 fully saturated rings. The molecule has 0 radical (unpaired) electrons. The van der Waals surface area contributed by atoms with Crippen molar-refractivity contribution in [2.24, 2.45) is 4.99 Å². The number of halogens is 1. The van der Waals surface area contributed by atoms with Gasteiger partial charge in [0.15, 0.2) is 17.5 Å². The molecule has 1 aromatic heterocycles. The summed E-state index contributed by atoms with van der Waals surface area (Å²) in [5.74, 6) is 4.01. The minimum Gasteiger partial charge on any atom is -0.496 e. The molecule has 0 atom stereocenters. The molecule has 2 N–H and O–H groups in total. The van der Waals surface area contributed by atoms with Crippen molar-refractivity contribution >= 4 is 29.9 Å². The normalized spacial score (nSPS) is 10.8. The zero-order chi connectivity index (χ0) is 19.1. The zero-order valence-corrected chi connectivity index (χ0v) is 18.8. The largest absolute Gasteiger partial charge is 0.496 e. The van der Waals surface area contributed by atoms with Gasteiger partial charge in [-0.2, -0.15) is 0 Å². The van der Waals surface area contributed by atoms with Crippen molar-refractivity contribution in [2.45, 2.75) is 26.9 Å². The molecule has 8 nitrogen and oxygen atoms in total. The number of guanidine groups is 1. The lowest BCUT2D eigenvalue weighted by atomic mass is 10.1. The Morgan fingerprint density at radius 1 is 1.00 bits per heavy atom. The first kappa shape index (κ1) is 22.9. The number of ether oxygens (including phenoxy) is 3. The first-order chi connectivity index (χ1) is 12.5. The molecule has 1 heterocycles. The van der Waals surface area contributed by atoms with Crippen LogP contribution >= 0.6 is 24.0 Å². The first-order valence-electron chi connectivity index (χ1n) is 8.18. The van der Waals surface area contributed by atoms with Gasteiger partial charge in [0.2, 0.25) is 5.89 Å². The van der Waals surface area contributed by atoms with Gasteiger partial charge in [-0.3, -0.25) is 4.99 Å². The van der Waals surface area contributed by atoms with Crippen LogP contribution in [-0.2, 0) is 13.1 Å². The molecule has 0 bridgehead atoms. The number of methoxy groups -OCH3 is 3. The third kappa shape index (κ3) is 5.91. The van der Waals surface area contributed by atoms with Crippen molar-refractivity contribution in [3.8, 4) is 17.2 Å². The predicted octanol–water partition coefficient (Wildman–Crippen LogP) is 2.80. The number of oxazole rings is 1. The monoisotopic (exact) mass is 490 g/mol. The maximum absolute atomic E-state index is 5.56. The highest BCUT2D eigenvalue weighted by Gasteiger charge is 2.12. The lowest BCUT2D eigenvalue weighted by Gasteiger charge is -2.16.